The SMILES string of the molecule is Cc1nn(-c2ccccc2)c(C)c1NC(=O)c1csc(-c2cccs2)n1. The molecule has 0 fully saturated rings. The monoisotopic (exact) mass is 380 g/mol. The summed E-state index contributed by atoms with van der Waals surface area (Å²) in [7, 11) is 0. The van der Waals surface area contributed by atoms with Gasteiger partial charge in [-0.1, -0.05) is 24.3 Å². The number of carbonyl (C=O) groups is 1. The highest BCUT2D eigenvalue weighted by molar-refractivity contribution is 7.20. The van der Waals surface area contributed by atoms with E-state index in [0.717, 1.165) is 32.6 Å². The van der Waals surface area contributed by atoms with Gasteiger partial charge in [-0.15, -0.1) is 22.7 Å². The molecule has 0 aliphatic carbocycles. The number of hydrogen-bond donors (Lipinski definition) is 1. The Kier molecular flexibility index (Phi) is 4.40. The van der Waals surface area contributed by atoms with Crippen molar-refractivity contribution in [3.63, 3.8) is 0 Å². The summed E-state index contributed by atoms with van der Waals surface area (Å²) in [5.41, 5.74) is 3.76. The lowest BCUT2D eigenvalue weighted by atomic mass is 10.3. The molecule has 0 saturated carbocycles. The third-order valence-corrected chi connectivity index (χ3v) is 5.88. The number of aryl methyl sites for hydroxylation is 1. The number of nitrogens with one attached hydrogen (secondary N) is 1. The number of aromatic nitrogens is 3. The number of para-hydroxylation sites is 1. The molecular formula is C19H16N4OS2. The highest BCUT2D eigenvalue weighted by Crippen LogP contribution is 2.29. The maximum absolute atomic E-state index is 12.6. The van der Waals surface area contributed by atoms with Crippen molar-refractivity contribution in [3.8, 4) is 15.6 Å². The number of hydrogen-bond acceptors (Lipinski definition) is 5. The molecular weight excluding hydrogens is 364 g/mol. The van der Waals surface area contributed by atoms with E-state index in [1.165, 1.54) is 11.3 Å². The van der Waals surface area contributed by atoms with E-state index in [-0.39, 0.29) is 5.91 Å². The molecule has 0 aliphatic rings. The molecule has 0 saturated heterocycles. The van der Waals surface area contributed by atoms with Gasteiger partial charge in [0.25, 0.3) is 5.91 Å². The van der Waals surface area contributed by atoms with Gasteiger partial charge in [0, 0.05) is 5.38 Å². The normalized spacial score (nSPS) is 10.8. The largest absolute Gasteiger partial charge is 0.317 e. The van der Waals surface area contributed by atoms with Gasteiger partial charge in [0.05, 0.1) is 27.6 Å². The molecule has 4 aromatic rings. The number of rotatable bonds is 4. The fourth-order valence-corrected chi connectivity index (χ4v) is 4.33. The van der Waals surface area contributed by atoms with Crippen molar-refractivity contribution in [2.45, 2.75) is 13.8 Å². The topological polar surface area (TPSA) is 59.8 Å². The maximum Gasteiger partial charge on any atom is 0.275 e. The summed E-state index contributed by atoms with van der Waals surface area (Å²) in [6, 6.07) is 13.8. The van der Waals surface area contributed by atoms with Crippen molar-refractivity contribution < 1.29 is 4.79 Å². The molecule has 130 valence electrons. The number of thiazole rings is 1. The molecule has 0 radical (unpaired) electrons. The fourth-order valence-electron chi connectivity index (χ4n) is 2.71. The average molecular weight is 380 g/mol. The fraction of sp³-hybridized carbons (Fsp3) is 0.105. The Morgan fingerprint density at radius 3 is 2.62 bits per heavy atom. The Bertz CT molecular complexity index is 1050. The van der Waals surface area contributed by atoms with Crippen LogP contribution >= 0.6 is 22.7 Å². The van der Waals surface area contributed by atoms with E-state index in [1.54, 1.807) is 16.7 Å². The van der Waals surface area contributed by atoms with Crippen LogP contribution in [0.5, 0.6) is 0 Å². The number of nitrogens with zero attached hydrogens (tertiary/aromatic N) is 3. The molecule has 3 aromatic heterocycles. The smallest absolute Gasteiger partial charge is 0.275 e. The van der Waals surface area contributed by atoms with E-state index in [1.807, 2.05) is 66.4 Å². The Morgan fingerprint density at radius 2 is 1.88 bits per heavy atom. The van der Waals surface area contributed by atoms with Gasteiger partial charge >= 0.3 is 0 Å². The highest BCUT2D eigenvalue weighted by Gasteiger charge is 2.18. The van der Waals surface area contributed by atoms with Crippen LogP contribution in [-0.2, 0) is 0 Å². The highest BCUT2D eigenvalue weighted by atomic mass is 32.1. The molecule has 0 spiro atoms. The lowest BCUT2D eigenvalue weighted by Gasteiger charge is -2.06. The second-order valence-electron chi connectivity index (χ2n) is 5.76. The first kappa shape index (κ1) is 16.7. The van der Waals surface area contributed by atoms with E-state index in [4.69, 9.17) is 0 Å². The number of amides is 1. The van der Waals surface area contributed by atoms with E-state index in [2.05, 4.69) is 15.4 Å². The molecule has 0 atom stereocenters. The van der Waals surface area contributed by atoms with Crippen LogP contribution in [0.1, 0.15) is 21.9 Å². The Labute approximate surface area is 159 Å². The van der Waals surface area contributed by atoms with Crippen LogP contribution in [0.4, 0.5) is 5.69 Å². The number of anilines is 1. The minimum absolute atomic E-state index is 0.220. The number of carbonyl (C=O) groups excluding carboxylic acids is 1. The second kappa shape index (κ2) is 6.86. The molecule has 0 unspecified atom stereocenters. The second-order valence-corrected chi connectivity index (χ2v) is 7.57. The predicted octanol–water partition coefficient (Wildman–Crippen LogP) is 4.93. The first-order chi connectivity index (χ1) is 12.6. The molecule has 1 aromatic carbocycles. The molecule has 26 heavy (non-hydrogen) atoms. The summed E-state index contributed by atoms with van der Waals surface area (Å²) >= 11 is 3.09. The molecule has 0 aliphatic heterocycles. The van der Waals surface area contributed by atoms with Gasteiger partial charge in [-0.2, -0.15) is 5.10 Å². The minimum Gasteiger partial charge on any atom is -0.317 e. The van der Waals surface area contributed by atoms with Crippen molar-refractivity contribution in [3.05, 3.63) is 70.3 Å². The molecule has 1 N–H and O–H groups in total. The van der Waals surface area contributed by atoms with Crippen LogP contribution < -0.4 is 5.32 Å². The van der Waals surface area contributed by atoms with Crippen molar-refractivity contribution in [1.82, 2.24) is 14.8 Å². The summed E-state index contributed by atoms with van der Waals surface area (Å²) in [5.74, 6) is -0.220. The quantitative estimate of drug-likeness (QED) is 0.546. The van der Waals surface area contributed by atoms with Crippen LogP contribution in [0.25, 0.3) is 15.6 Å². The molecule has 1 amide bonds. The van der Waals surface area contributed by atoms with Gasteiger partial charge < -0.3 is 5.32 Å². The predicted molar refractivity (Wildman–Crippen MR) is 106 cm³/mol. The van der Waals surface area contributed by atoms with Crippen LogP contribution in [0.3, 0.4) is 0 Å². The maximum atomic E-state index is 12.6. The van der Waals surface area contributed by atoms with Crippen LogP contribution in [0.15, 0.2) is 53.2 Å². The molecule has 7 heteroatoms. The van der Waals surface area contributed by atoms with E-state index in [9.17, 15) is 4.79 Å². The summed E-state index contributed by atoms with van der Waals surface area (Å²) in [4.78, 5) is 18.2. The zero-order valence-electron chi connectivity index (χ0n) is 14.3. The van der Waals surface area contributed by atoms with Crippen LogP contribution in [0.2, 0.25) is 0 Å². The van der Waals surface area contributed by atoms with Gasteiger partial charge in [0.1, 0.15) is 10.7 Å². The minimum atomic E-state index is -0.220. The summed E-state index contributed by atoms with van der Waals surface area (Å²) in [6.07, 6.45) is 0. The van der Waals surface area contributed by atoms with Gasteiger partial charge in [0.15, 0.2) is 0 Å². The summed E-state index contributed by atoms with van der Waals surface area (Å²) in [5, 5.41) is 12.2. The number of thiophene rings is 1. The molecule has 3 heterocycles. The average Bonchev–Trinajstić information content (AvgIpc) is 3.39. The Hall–Kier alpha value is -2.77. The zero-order chi connectivity index (χ0) is 18.1. The van der Waals surface area contributed by atoms with Crippen LogP contribution in [0, 0.1) is 13.8 Å². The molecule has 0 bridgehead atoms. The zero-order valence-corrected chi connectivity index (χ0v) is 15.9. The van der Waals surface area contributed by atoms with Crippen molar-refractivity contribution >= 4 is 34.3 Å². The van der Waals surface area contributed by atoms with E-state index in [0.29, 0.717) is 5.69 Å². The lowest BCUT2D eigenvalue weighted by Crippen LogP contribution is -2.13. The third-order valence-electron chi connectivity index (χ3n) is 4.00. The van der Waals surface area contributed by atoms with E-state index < -0.39 is 0 Å². The van der Waals surface area contributed by atoms with Gasteiger partial charge in [-0.05, 0) is 37.4 Å². The Balaban J connectivity index is 1.60. The summed E-state index contributed by atoms with van der Waals surface area (Å²) < 4.78 is 1.84. The first-order valence-corrected chi connectivity index (χ1v) is 9.82. The third kappa shape index (κ3) is 3.07. The van der Waals surface area contributed by atoms with Gasteiger partial charge in [0.2, 0.25) is 0 Å². The standard InChI is InChI=1S/C19H16N4OS2/c1-12-17(13(2)23(22-12)14-7-4-3-5-8-14)21-18(24)15-11-26-19(20-15)16-9-6-10-25-16/h3-11H,1-2H3,(H,21,24). The van der Waals surface area contributed by atoms with Gasteiger partial charge in [-0.3, -0.25) is 4.79 Å². The Morgan fingerprint density at radius 1 is 1.08 bits per heavy atom. The van der Waals surface area contributed by atoms with E-state index >= 15 is 0 Å². The lowest BCUT2D eigenvalue weighted by molar-refractivity contribution is 0.102. The molecule has 5 nitrogen and oxygen atoms in total. The van der Waals surface area contributed by atoms with Crippen LogP contribution in [-0.4, -0.2) is 20.7 Å². The van der Waals surface area contributed by atoms with Crippen molar-refractivity contribution in [1.29, 1.82) is 0 Å². The summed E-state index contributed by atoms with van der Waals surface area (Å²) in [6.45, 7) is 3.83. The van der Waals surface area contributed by atoms with Gasteiger partial charge in [-0.25, -0.2) is 9.67 Å². The first-order valence-electron chi connectivity index (χ1n) is 8.06. The number of benzene rings is 1. The molecule has 4 rings (SSSR count). The van der Waals surface area contributed by atoms with Crippen molar-refractivity contribution in [2.75, 3.05) is 5.32 Å². The van der Waals surface area contributed by atoms with Crippen molar-refractivity contribution in [2.24, 2.45) is 0 Å².